The van der Waals surface area contributed by atoms with Crippen LogP contribution < -0.4 is 5.32 Å². The molecule has 1 heterocycles. The van der Waals surface area contributed by atoms with E-state index in [0.29, 0.717) is 25.1 Å². The summed E-state index contributed by atoms with van der Waals surface area (Å²) < 4.78 is 4.90. The van der Waals surface area contributed by atoms with Crippen LogP contribution in [0.25, 0.3) is 10.9 Å². The molecule has 0 aliphatic carbocycles. The van der Waals surface area contributed by atoms with E-state index in [2.05, 4.69) is 10.3 Å². The van der Waals surface area contributed by atoms with Crippen LogP contribution in [0.1, 0.15) is 60.6 Å². The number of esters is 1. The number of hydrogen-bond donors (Lipinski definition) is 1. The van der Waals surface area contributed by atoms with Crippen molar-refractivity contribution in [3.63, 3.8) is 0 Å². The van der Waals surface area contributed by atoms with E-state index in [-0.39, 0.29) is 11.9 Å². The molecule has 2 rings (SSSR count). The van der Waals surface area contributed by atoms with Crippen molar-refractivity contribution in [1.29, 1.82) is 0 Å². The number of hydrogen-bond acceptors (Lipinski definition) is 4. The van der Waals surface area contributed by atoms with Gasteiger partial charge in [0.25, 0.3) is 5.91 Å². The van der Waals surface area contributed by atoms with Crippen LogP contribution in [0.15, 0.2) is 24.3 Å². The number of carbonyl (C=O) groups excluding carboxylic acids is 2. The van der Waals surface area contributed by atoms with Gasteiger partial charge in [-0.1, -0.05) is 24.5 Å². The number of pyridine rings is 1. The van der Waals surface area contributed by atoms with Gasteiger partial charge < -0.3 is 10.1 Å². The first-order valence-electron chi connectivity index (χ1n) is 9.33. The minimum Gasteiger partial charge on any atom is -0.466 e. The van der Waals surface area contributed by atoms with Crippen molar-refractivity contribution in [2.45, 2.75) is 52.9 Å². The number of aryl methyl sites for hydroxylation is 2. The zero-order chi connectivity index (χ0) is 18.9. The molecule has 0 aliphatic rings. The van der Waals surface area contributed by atoms with Gasteiger partial charge in [-0.2, -0.15) is 0 Å². The molecule has 5 heteroatoms. The van der Waals surface area contributed by atoms with Gasteiger partial charge in [-0.15, -0.1) is 0 Å². The first-order valence-corrected chi connectivity index (χ1v) is 9.33. The van der Waals surface area contributed by atoms with Gasteiger partial charge in [0.2, 0.25) is 0 Å². The molecule has 0 saturated carbocycles. The molecule has 5 nitrogen and oxygen atoms in total. The van der Waals surface area contributed by atoms with E-state index < -0.39 is 0 Å². The lowest BCUT2D eigenvalue weighted by Crippen LogP contribution is -2.25. The molecule has 0 unspecified atom stereocenters. The predicted molar refractivity (Wildman–Crippen MR) is 103 cm³/mol. The number of unbranched alkanes of at least 4 members (excludes halogenated alkanes) is 3. The molecule has 0 aliphatic heterocycles. The summed E-state index contributed by atoms with van der Waals surface area (Å²) in [5, 5.41) is 3.95. The van der Waals surface area contributed by atoms with Crippen molar-refractivity contribution in [3.05, 3.63) is 41.1 Å². The fourth-order valence-electron chi connectivity index (χ4n) is 2.90. The van der Waals surface area contributed by atoms with Crippen LogP contribution in [0.3, 0.4) is 0 Å². The number of carbonyl (C=O) groups is 2. The molecule has 1 aromatic carbocycles. The lowest BCUT2D eigenvalue weighted by Gasteiger charge is -2.09. The number of nitrogens with one attached hydrogen (secondary N) is 1. The number of benzene rings is 1. The Balaban J connectivity index is 1.77. The summed E-state index contributed by atoms with van der Waals surface area (Å²) in [5.74, 6) is -0.208. The predicted octanol–water partition coefficient (Wildman–Crippen LogP) is 4.10. The fraction of sp³-hybridized carbons (Fsp3) is 0.476. The smallest absolute Gasteiger partial charge is 0.305 e. The maximum absolute atomic E-state index is 12.4. The summed E-state index contributed by atoms with van der Waals surface area (Å²) >= 11 is 0. The topological polar surface area (TPSA) is 68.3 Å². The van der Waals surface area contributed by atoms with Gasteiger partial charge >= 0.3 is 5.97 Å². The van der Waals surface area contributed by atoms with Crippen molar-refractivity contribution in [2.75, 3.05) is 13.2 Å². The van der Waals surface area contributed by atoms with Crippen LogP contribution >= 0.6 is 0 Å². The number of rotatable bonds is 9. The highest BCUT2D eigenvalue weighted by Gasteiger charge is 2.11. The second kappa shape index (κ2) is 9.90. The van der Waals surface area contributed by atoms with Gasteiger partial charge in [0.05, 0.1) is 23.4 Å². The van der Waals surface area contributed by atoms with Crippen LogP contribution in [0.4, 0.5) is 0 Å². The summed E-state index contributed by atoms with van der Waals surface area (Å²) in [6.07, 6.45) is 4.15. The molecule has 0 bridgehead atoms. The molecule has 26 heavy (non-hydrogen) atoms. The number of fused-ring (bicyclic) bond motifs is 1. The number of nitrogens with zero attached hydrogens (tertiary/aromatic N) is 1. The SMILES string of the molecule is CCOC(=O)CCCCCCNC(=O)c1cc2cc(C)ccc2nc1C. The Bertz CT molecular complexity index is 771. The van der Waals surface area contributed by atoms with E-state index in [1.54, 1.807) is 0 Å². The van der Waals surface area contributed by atoms with Crippen LogP contribution in [-0.2, 0) is 9.53 Å². The minimum absolute atomic E-state index is 0.0788. The number of ether oxygens (including phenoxy) is 1. The Hall–Kier alpha value is -2.43. The van der Waals surface area contributed by atoms with Crippen LogP contribution in [-0.4, -0.2) is 30.0 Å². The lowest BCUT2D eigenvalue weighted by molar-refractivity contribution is -0.143. The van der Waals surface area contributed by atoms with Gasteiger partial charge in [0, 0.05) is 18.4 Å². The maximum atomic E-state index is 12.4. The summed E-state index contributed by atoms with van der Waals surface area (Å²) in [4.78, 5) is 28.2. The van der Waals surface area contributed by atoms with Crippen molar-refractivity contribution >= 4 is 22.8 Å². The molecule has 0 radical (unpaired) electrons. The largest absolute Gasteiger partial charge is 0.466 e. The summed E-state index contributed by atoms with van der Waals surface area (Å²) in [6.45, 7) is 6.77. The first kappa shape index (κ1) is 19.9. The Labute approximate surface area is 155 Å². The Morgan fingerprint density at radius 3 is 2.62 bits per heavy atom. The zero-order valence-electron chi connectivity index (χ0n) is 15.9. The standard InChI is InChI=1S/C21H28N2O3/c1-4-26-20(24)9-7-5-6-8-12-22-21(25)18-14-17-13-15(2)10-11-19(17)23-16(18)3/h10-11,13-14H,4-9,12H2,1-3H3,(H,22,25). The van der Waals surface area contributed by atoms with Crippen molar-refractivity contribution in [3.8, 4) is 0 Å². The average Bonchev–Trinajstić information content (AvgIpc) is 2.60. The molecule has 140 valence electrons. The second-order valence-electron chi connectivity index (χ2n) is 6.54. The van der Waals surface area contributed by atoms with E-state index in [1.165, 1.54) is 0 Å². The van der Waals surface area contributed by atoms with Crippen molar-refractivity contribution < 1.29 is 14.3 Å². The molecular formula is C21H28N2O3. The van der Waals surface area contributed by atoms with E-state index in [9.17, 15) is 9.59 Å². The molecule has 0 spiro atoms. The van der Waals surface area contributed by atoms with Gasteiger partial charge in [0.1, 0.15) is 0 Å². The maximum Gasteiger partial charge on any atom is 0.305 e. The molecule has 0 fully saturated rings. The fourth-order valence-corrected chi connectivity index (χ4v) is 2.90. The summed E-state index contributed by atoms with van der Waals surface area (Å²) in [7, 11) is 0. The third-order valence-electron chi connectivity index (χ3n) is 4.30. The monoisotopic (exact) mass is 356 g/mol. The van der Waals surface area contributed by atoms with Gasteiger partial charge in [0.15, 0.2) is 0 Å². The highest BCUT2D eigenvalue weighted by Crippen LogP contribution is 2.18. The van der Waals surface area contributed by atoms with E-state index in [1.807, 2.05) is 45.0 Å². The second-order valence-corrected chi connectivity index (χ2v) is 6.54. The summed E-state index contributed by atoms with van der Waals surface area (Å²) in [6, 6.07) is 7.97. The molecule has 1 aromatic heterocycles. The molecule has 1 N–H and O–H groups in total. The van der Waals surface area contributed by atoms with Crippen molar-refractivity contribution in [1.82, 2.24) is 10.3 Å². The zero-order valence-corrected chi connectivity index (χ0v) is 15.9. The molecule has 2 aromatic rings. The summed E-state index contributed by atoms with van der Waals surface area (Å²) in [5.41, 5.74) is 3.43. The van der Waals surface area contributed by atoms with Crippen LogP contribution in [0, 0.1) is 13.8 Å². The normalized spacial score (nSPS) is 10.7. The lowest BCUT2D eigenvalue weighted by atomic mass is 10.1. The Morgan fingerprint density at radius 1 is 1.08 bits per heavy atom. The van der Waals surface area contributed by atoms with E-state index >= 15 is 0 Å². The molecule has 0 atom stereocenters. The number of aromatic nitrogens is 1. The van der Waals surface area contributed by atoms with Crippen molar-refractivity contribution in [2.24, 2.45) is 0 Å². The molecule has 0 saturated heterocycles. The average molecular weight is 356 g/mol. The third-order valence-corrected chi connectivity index (χ3v) is 4.30. The van der Waals surface area contributed by atoms with E-state index in [0.717, 1.165) is 47.8 Å². The van der Waals surface area contributed by atoms with E-state index in [4.69, 9.17) is 4.74 Å². The third kappa shape index (κ3) is 5.83. The minimum atomic E-state index is -0.129. The first-order chi connectivity index (χ1) is 12.5. The quantitative estimate of drug-likeness (QED) is 0.543. The van der Waals surface area contributed by atoms with Gasteiger partial charge in [-0.05, 0) is 51.8 Å². The Kier molecular flexibility index (Phi) is 7.57. The van der Waals surface area contributed by atoms with Crippen LogP contribution in [0.2, 0.25) is 0 Å². The molecule has 1 amide bonds. The highest BCUT2D eigenvalue weighted by molar-refractivity contribution is 5.98. The number of amides is 1. The van der Waals surface area contributed by atoms with Gasteiger partial charge in [-0.3, -0.25) is 14.6 Å². The van der Waals surface area contributed by atoms with Gasteiger partial charge in [-0.25, -0.2) is 0 Å². The van der Waals surface area contributed by atoms with Crippen LogP contribution in [0.5, 0.6) is 0 Å². The highest BCUT2D eigenvalue weighted by atomic mass is 16.5. The molecular weight excluding hydrogens is 328 g/mol. The Morgan fingerprint density at radius 2 is 1.85 bits per heavy atom.